The number of nitrogens with one attached hydrogen (secondary N) is 1. The van der Waals surface area contributed by atoms with Crippen LogP contribution in [0.1, 0.15) is 54.1 Å². The molecule has 3 nitrogen and oxygen atoms in total. The summed E-state index contributed by atoms with van der Waals surface area (Å²) in [6.45, 7) is 6.21. The Kier molecular flexibility index (Phi) is 4.67. The van der Waals surface area contributed by atoms with Gasteiger partial charge in [-0.15, -0.1) is 0 Å². The van der Waals surface area contributed by atoms with Crippen LogP contribution in [-0.2, 0) is 0 Å². The number of carbonyl (C=O) groups is 1. The minimum atomic E-state index is -0.518. The molecule has 1 saturated carbocycles. The van der Waals surface area contributed by atoms with E-state index in [-0.39, 0.29) is 5.91 Å². The van der Waals surface area contributed by atoms with Gasteiger partial charge in [0.15, 0.2) is 0 Å². The molecular formula is C17H24N2OS. The smallest absolute Gasteiger partial charge is 0.252 e. The van der Waals surface area contributed by atoms with Crippen LogP contribution in [0.3, 0.4) is 0 Å². The first-order valence-corrected chi connectivity index (χ1v) is 7.94. The fraction of sp³-hybridized carbons (Fsp3) is 0.529. The highest BCUT2D eigenvalue weighted by Crippen LogP contribution is 2.32. The fourth-order valence-electron chi connectivity index (χ4n) is 3.04. The molecular weight excluding hydrogens is 280 g/mol. The molecule has 0 bridgehead atoms. The van der Waals surface area contributed by atoms with Crippen LogP contribution in [0.4, 0.5) is 0 Å². The number of benzene rings is 1. The molecule has 4 heteroatoms. The maximum atomic E-state index is 12.6. The van der Waals surface area contributed by atoms with Crippen molar-refractivity contribution in [3.63, 3.8) is 0 Å². The van der Waals surface area contributed by atoms with Gasteiger partial charge in [0.05, 0.1) is 10.5 Å². The van der Waals surface area contributed by atoms with Gasteiger partial charge >= 0.3 is 0 Å². The average molecular weight is 304 g/mol. The van der Waals surface area contributed by atoms with E-state index in [9.17, 15) is 4.79 Å². The van der Waals surface area contributed by atoms with Gasteiger partial charge < -0.3 is 11.1 Å². The van der Waals surface area contributed by atoms with Gasteiger partial charge in [-0.3, -0.25) is 4.79 Å². The maximum absolute atomic E-state index is 12.6. The number of thiocarbonyl (C=S) groups is 1. The molecule has 1 aromatic rings. The Balaban J connectivity index is 2.21. The van der Waals surface area contributed by atoms with E-state index >= 15 is 0 Å². The van der Waals surface area contributed by atoms with Crippen molar-refractivity contribution >= 4 is 23.1 Å². The van der Waals surface area contributed by atoms with Gasteiger partial charge in [-0.25, -0.2) is 0 Å². The summed E-state index contributed by atoms with van der Waals surface area (Å²) in [6, 6.07) is 5.85. The van der Waals surface area contributed by atoms with Crippen LogP contribution in [-0.4, -0.2) is 16.4 Å². The zero-order valence-electron chi connectivity index (χ0n) is 13.0. The van der Waals surface area contributed by atoms with Crippen molar-refractivity contribution in [3.8, 4) is 0 Å². The van der Waals surface area contributed by atoms with E-state index in [0.717, 1.165) is 36.8 Å². The molecule has 1 aromatic carbocycles. The summed E-state index contributed by atoms with van der Waals surface area (Å²) in [4.78, 5) is 13.0. The van der Waals surface area contributed by atoms with Crippen molar-refractivity contribution in [2.45, 2.75) is 52.0 Å². The summed E-state index contributed by atoms with van der Waals surface area (Å²) < 4.78 is 0. The number of amides is 1. The third-order valence-electron chi connectivity index (χ3n) is 4.58. The number of nitrogens with two attached hydrogens (primary N) is 1. The topological polar surface area (TPSA) is 55.1 Å². The summed E-state index contributed by atoms with van der Waals surface area (Å²) in [5.41, 5.74) is 8.27. The summed E-state index contributed by atoms with van der Waals surface area (Å²) in [5.74, 6) is 0.598. The minimum Gasteiger partial charge on any atom is -0.391 e. The van der Waals surface area contributed by atoms with Crippen LogP contribution < -0.4 is 11.1 Å². The molecule has 0 spiro atoms. The first kappa shape index (κ1) is 16.0. The van der Waals surface area contributed by atoms with Gasteiger partial charge in [-0.05, 0) is 57.1 Å². The Morgan fingerprint density at radius 2 is 1.95 bits per heavy atom. The molecule has 0 saturated heterocycles. The Hall–Kier alpha value is -1.42. The maximum Gasteiger partial charge on any atom is 0.252 e. The Morgan fingerprint density at radius 1 is 1.33 bits per heavy atom. The van der Waals surface area contributed by atoms with E-state index < -0.39 is 5.54 Å². The van der Waals surface area contributed by atoms with Gasteiger partial charge in [-0.1, -0.05) is 36.8 Å². The minimum absolute atomic E-state index is 0.0742. The number of rotatable bonds is 3. The van der Waals surface area contributed by atoms with E-state index in [1.54, 1.807) is 0 Å². The molecule has 0 atom stereocenters. The van der Waals surface area contributed by atoms with Crippen LogP contribution in [0.5, 0.6) is 0 Å². The molecule has 1 amide bonds. The van der Waals surface area contributed by atoms with Crippen molar-refractivity contribution in [3.05, 3.63) is 34.9 Å². The van der Waals surface area contributed by atoms with Gasteiger partial charge in [0, 0.05) is 5.56 Å². The quantitative estimate of drug-likeness (QED) is 0.843. The summed E-state index contributed by atoms with van der Waals surface area (Å²) in [5, 5.41) is 3.12. The second-order valence-electron chi connectivity index (χ2n) is 6.40. The summed E-state index contributed by atoms with van der Waals surface area (Å²) >= 11 is 5.25. The Labute approximate surface area is 132 Å². The molecule has 0 radical (unpaired) electrons. The normalized spacial score (nSPS) is 25.4. The van der Waals surface area contributed by atoms with Gasteiger partial charge in [0.1, 0.15) is 0 Å². The molecule has 0 aromatic heterocycles. The van der Waals surface area contributed by atoms with E-state index in [1.807, 2.05) is 32.0 Å². The van der Waals surface area contributed by atoms with Crippen LogP contribution >= 0.6 is 12.2 Å². The van der Waals surface area contributed by atoms with Crippen molar-refractivity contribution in [2.75, 3.05) is 0 Å². The van der Waals surface area contributed by atoms with E-state index in [1.165, 1.54) is 0 Å². The molecule has 0 unspecified atom stereocenters. The fourth-order valence-corrected chi connectivity index (χ4v) is 3.30. The van der Waals surface area contributed by atoms with Gasteiger partial charge in [0.25, 0.3) is 5.91 Å². The molecule has 0 aliphatic heterocycles. The zero-order chi connectivity index (χ0) is 15.6. The monoisotopic (exact) mass is 304 g/mol. The number of carbonyl (C=O) groups excluding carboxylic acids is 1. The van der Waals surface area contributed by atoms with Crippen LogP contribution in [0, 0.1) is 19.8 Å². The molecule has 114 valence electrons. The van der Waals surface area contributed by atoms with Gasteiger partial charge in [0.2, 0.25) is 0 Å². The first-order valence-electron chi connectivity index (χ1n) is 7.54. The predicted molar refractivity (Wildman–Crippen MR) is 90.5 cm³/mol. The van der Waals surface area contributed by atoms with Crippen LogP contribution in [0.2, 0.25) is 0 Å². The SMILES string of the molecule is Cc1ccc(C(=O)NC2(C(N)=S)CCC(C)CC2)c(C)c1. The zero-order valence-corrected chi connectivity index (χ0v) is 13.8. The third-order valence-corrected chi connectivity index (χ3v) is 4.97. The molecule has 21 heavy (non-hydrogen) atoms. The molecule has 1 fully saturated rings. The predicted octanol–water partition coefficient (Wildman–Crippen LogP) is 3.27. The second kappa shape index (κ2) is 6.14. The lowest BCUT2D eigenvalue weighted by Gasteiger charge is -2.39. The molecule has 1 aliphatic rings. The Bertz CT molecular complexity index is 560. The molecule has 3 N–H and O–H groups in total. The number of hydrogen-bond donors (Lipinski definition) is 2. The lowest BCUT2D eigenvalue weighted by molar-refractivity contribution is 0.0900. The van der Waals surface area contributed by atoms with Crippen molar-refractivity contribution in [1.82, 2.24) is 5.32 Å². The first-order chi connectivity index (χ1) is 9.84. The standard InChI is InChI=1S/C17H24N2OS/c1-11-6-8-17(9-7-11,16(18)21)19-15(20)14-5-4-12(2)10-13(14)3/h4-5,10-11H,6-9H2,1-3H3,(H2,18,21)(H,19,20). The Morgan fingerprint density at radius 3 is 2.48 bits per heavy atom. The lowest BCUT2D eigenvalue weighted by Crippen LogP contribution is -2.58. The average Bonchev–Trinajstić information content (AvgIpc) is 2.41. The second-order valence-corrected chi connectivity index (χ2v) is 6.84. The van der Waals surface area contributed by atoms with Crippen molar-refractivity contribution in [2.24, 2.45) is 11.7 Å². The van der Waals surface area contributed by atoms with Crippen LogP contribution in [0.25, 0.3) is 0 Å². The van der Waals surface area contributed by atoms with Gasteiger partial charge in [-0.2, -0.15) is 0 Å². The number of aryl methyl sites for hydroxylation is 2. The van der Waals surface area contributed by atoms with Crippen LogP contribution in [0.15, 0.2) is 18.2 Å². The highest BCUT2D eigenvalue weighted by molar-refractivity contribution is 7.80. The summed E-state index contributed by atoms with van der Waals surface area (Å²) in [7, 11) is 0. The van der Waals surface area contributed by atoms with E-state index in [0.29, 0.717) is 16.5 Å². The van der Waals surface area contributed by atoms with E-state index in [2.05, 4.69) is 12.2 Å². The van der Waals surface area contributed by atoms with Crippen molar-refractivity contribution in [1.29, 1.82) is 0 Å². The van der Waals surface area contributed by atoms with E-state index in [4.69, 9.17) is 18.0 Å². The highest BCUT2D eigenvalue weighted by Gasteiger charge is 2.38. The third kappa shape index (κ3) is 3.43. The number of hydrogen-bond acceptors (Lipinski definition) is 2. The largest absolute Gasteiger partial charge is 0.391 e. The summed E-state index contributed by atoms with van der Waals surface area (Å²) in [6.07, 6.45) is 3.76. The molecule has 0 heterocycles. The lowest BCUT2D eigenvalue weighted by atomic mass is 9.77. The van der Waals surface area contributed by atoms with Crippen molar-refractivity contribution < 1.29 is 4.79 Å². The molecule has 1 aliphatic carbocycles. The molecule has 2 rings (SSSR count). The highest BCUT2D eigenvalue weighted by atomic mass is 32.1.